The van der Waals surface area contributed by atoms with E-state index in [1.165, 1.54) is 18.4 Å². The van der Waals surface area contributed by atoms with Gasteiger partial charge in [-0.15, -0.1) is 0 Å². The highest BCUT2D eigenvalue weighted by Crippen LogP contribution is 2.44. The van der Waals surface area contributed by atoms with Gasteiger partial charge in [0.1, 0.15) is 11.4 Å². The molecule has 0 atom stereocenters. The first-order valence-corrected chi connectivity index (χ1v) is 7.84. The largest absolute Gasteiger partial charge is 0.493 e. The van der Waals surface area contributed by atoms with Gasteiger partial charge in [0.25, 0.3) is 0 Å². The molecule has 0 aliphatic heterocycles. The second-order valence-electron chi connectivity index (χ2n) is 6.70. The zero-order chi connectivity index (χ0) is 16.2. The average Bonchev–Trinajstić information content (AvgIpc) is 3.22. The van der Waals surface area contributed by atoms with Gasteiger partial charge in [0.05, 0.1) is 6.61 Å². The van der Waals surface area contributed by atoms with Crippen LogP contribution < -0.4 is 15.8 Å². The van der Waals surface area contributed by atoms with Crippen molar-refractivity contribution >= 4 is 11.8 Å². The van der Waals surface area contributed by atoms with Crippen LogP contribution in [0.1, 0.15) is 51.5 Å². The van der Waals surface area contributed by atoms with E-state index in [9.17, 15) is 4.79 Å². The lowest BCUT2D eigenvalue weighted by atomic mass is 10.1. The van der Waals surface area contributed by atoms with Crippen LogP contribution in [0.2, 0.25) is 0 Å². The van der Waals surface area contributed by atoms with Crippen LogP contribution in [0, 0.1) is 0 Å². The van der Waals surface area contributed by atoms with Crippen molar-refractivity contribution in [1.29, 1.82) is 0 Å². The lowest BCUT2D eigenvalue weighted by molar-refractivity contribution is 0.0525. The minimum atomic E-state index is -0.469. The zero-order valence-electron chi connectivity index (χ0n) is 13.6. The molecule has 2 rings (SSSR count). The van der Waals surface area contributed by atoms with Gasteiger partial charge in [-0.05, 0) is 69.7 Å². The van der Waals surface area contributed by atoms with E-state index in [1.807, 2.05) is 39.0 Å². The number of nitrogens with two attached hydrogens (primary N) is 1. The molecule has 0 heterocycles. The molecule has 0 radical (unpaired) electrons. The normalized spacial score (nSPS) is 14.5. The Kier molecular flexibility index (Phi) is 5.16. The highest BCUT2D eigenvalue weighted by atomic mass is 16.6. The maximum atomic E-state index is 11.5. The van der Waals surface area contributed by atoms with Crippen LogP contribution in [-0.4, -0.2) is 24.8 Å². The summed E-state index contributed by atoms with van der Waals surface area (Å²) in [5.41, 5.74) is 7.35. The van der Waals surface area contributed by atoms with E-state index in [4.69, 9.17) is 15.2 Å². The van der Waals surface area contributed by atoms with Crippen molar-refractivity contribution in [2.45, 2.75) is 51.6 Å². The summed E-state index contributed by atoms with van der Waals surface area (Å²) in [4.78, 5) is 11.5. The quantitative estimate of drug-likeness (QED) is 0.623. The van der Waals surface area contributed by atoms with Crippen LogP contribution in [0.4, 0.5) is 10.5 Å². The van der Waals surface area contributed by atoms with E-state index in [2.05, 4.69) is 5.32 Å². The van der Waals surface area contributed by atoms with Crippen LogP contribution in [-0.2, 0) is 4.74 Å². The first-order valence-electron chi connectivity index (χ1n) is 7.84. The van der Waals surface area contributed by atoms with Crippen molar-refractivity contribution in [2.75, 3.05) is 18.9 Å². The number of hydrogen-bond donors (Lipinski definition) is 2. The van der Waals surface area contributed by atoms with E-state index in [1.54, 1.807) is 0 Å². The Bertz CT molecular complexity index is 519. The maximum Gasteiger partial charge on any atom is 0.407 e. The number of alkyl carbamates (subject to hydrolysis) is 1. The molecule has 5 heteroatoms. The Balaban J connectivity index is 1.70. The van der Waals surface area contributed by atoms with Crippen molar-refractivity contribution in [2.24, 2.45) is 0 Å². The Morgan fingerprint density at radius 2 is 2.09 bits per heavy atom. The number of ether oxygens (including phenoxy) is 2. The summed E-state index contributed by atoms with van der Waals surface area (Å²) in [5.74, 6) is 1.51. The Hall–Kier alpha value is -1.91. The molecule has 5 nitrogen and oxygen atoms in total. The van der Waals surface area contributed by atoms with Crippen molar-refractivity contribution < 1.29 is 14.3 Å². The van der Waals surface area contributed by atoms with Gasteiger partial charge < -0.3 is 20.5 Å². The van der Waals surface area contributed by atoms with Crippen molar-refractivity contribution in [3.8, 4) is 5.75 Å². The molecule has 0 unspecified atom stereocenters. The smallest absolute Gasteiger partial charge is 0.407 e. The first-order chi connectivity index (χ1) is 10.3. The van der Waals surface area contributed by atoms with Gasteiger partial charge in [-0.1, -0.05) is 0 Å². The van der Waals surface area contributed by atoms with E-state index < -0.39 is 11.7 Å². The van der Waals surface area contributed by atoms with E-state index >= 15 is 0 Å². The van der Waals surface area contributed by atoms with Crippen LogP contribution in [0.25, 0.3) is 0 Å². The summed E-state index contributed by atoms with van der Waals surface area (Å²) in [5, 5.41) is 2.72. The molecule has 0 bridgehead atoms. The lowest BCUT2D eigenvalue weighted by Gasteiger charge is -2.19. The fourth-order valence-electron chi connectivity index (χ4n) is 2.17. The standard InChI is InChI=1S/C17H26N2O3/c1-17(2,3)22-16(20)19-9-4-10-21-15-8-7-13(18)11-14(15)12-5-6-12/h7-8,11-12H,4-6,9-10,18H2,1-3H3,(H,19,20). The van der Waals surface area contributed by atoms with Crippen LogP contribution in [0.3, 0.4) is 0 Å². The highest BCUT2D eigenvalue weighted by Gasteiger charge is 2.26. The average molecular weight is 306 g/mol. The van der Waals surface area contributed by atoms with Crippen molar-refractivity contribution in [3.05, 3.63) is 23.8 Å². The molecule has 1 saturated carbocycles. The van der Waals surface area contributed by atoms with Crippen molar-refractivity contribution in [3.63, 3.8) is 0 Å². The fraction of sp³-hybridized carbons (Fsp3) is 0.588. The van der Waals surface area contributed by atoms with Gasteiger partial charge in [0.15, 0.2) is 0 Å². The second kappa shape index (κ2) is 6.90. The van der Waals surface area contributed by atoms with E-state index in [0.29, 0.717) is 19.1 Å². The monoisotopic (exact) mass is 306 g/mol. The third kappa shape index (κ3) is 5.47. The molecule has 0 saturated heterocycles. The molecule has 1 aliphatic carbocycles. The molecule has 1 aromatic carbocycles. The summed E-state index contributed by atoms with van der Waals surface area (Å²) in [6, 6.07) is 5.80. The number of nitrogens with one attached hydrogen (secondary N) is 1. The number of carbonyl (C=O) groups is 1. The van der Waals surface area contributed by atoms with Crippen LogP contribution in [0.5, 0.6) is 5.75 Å². The number of anilines is 1. The van der Waals surface area contributed by atoms with Gasteiger partial charge in [0.2, 0.25) is 0 Å². The number of carbonyl (C=O) groups excluding carboxylic acids is 1. The van der Waals surface area contributed by atoms with Gasteiger partial charge in [-0.25, -0.2) is 4.79 Å². The molecule has 0 aromatic heterocycles. The Morgan fingerprint density at radius 3 is 2.73 bits per heavy atom. The molecule has 0 spiro atoms. The summed E-state index contributed by atoms with van der Waals surface area (Å²) in [7, 11) is 0. The lowest BCUT2D eigenvalue weighted by Crippen LogP contribution is -2.33. The molecule has 3 N–H and O–H groups in total. The number of rotatable bonds is 6. The van der Waals surface area contributed by atoms with Gasteiger partial charge in [-0.3, -0.25) is 0 Å². The topological polar surface area (TPSA) is 73.6 Å². The fourth-order valence-corrected chi connectivity index (χ4v) is 2.17. The summed E-state index contributed by atoms with van der Waals surface area (Å²) >= 11 is 0. The summed E-state index contributed by atoms with van der Waals surface area (Å²) in [6.07, 6.45) is 2.76. The molecule has 1 amide bonds. The minimum absolute atomic E-state index is 0.390. The number of benzene rings is 1. The number of amides is 1. The first kappa shape index (κ1) is 16.5. The molecular weight excluding hydrogens is 280 g/mol. The summed E-state index contributed by atoms with van der Waals surface area (Å²) < 4.78 is 11.0. The molecule has 1 aliphatic rings. The summed E-state index contributed by atoms with van der Waals surface area (Å²) in [6.45, 7) is 6.62. The van der Waals surface area contributed by atoms with Crippen LogP contribution in [0.15, 0.2) is 18.2 Å². The van der Waals surface area contributed by atoms with Gasteiger partial charge >= 0.3 is 6.09 Å². The van der Waals surface area contributed by atoms with Crippen molar-refractivity contribution in [1.82, 2.24) is 5.32 Å². The molecule has 1 aromatic rings. The second-order valence-corrected chi connectivity index (χ2v) is 6.70. The van der Waals surface area contributed by atoms with E-state index in [0.717, 1.165) is 17.9 Å². The Morgan fingerprint density at radius 1 is 1.36 bits per heavy atom. The van der Waals surface area contributed by atoms with Crippen LogP contribution >= 0.6 is 0 Å². The van der Waals surface area contributed by atoms with Gasteiger partial charge in [-0.2, -0.15) is 0 Å². The molecule has 1 fully saturated rings. The third-order valence-electron chi connectivity index (χ3n) is 3.30. The van der Waals surface area contributed by atoms with Gasteiger partial charge in [0, 0.05) is 12.2 Å². The molecule has 22 heavy (non-hydrogen) atoms. The van der Waals surface area contributed by atoms with E-state index in [-0.39, 0.29) is 0 Å². The Labute approximate surface area is 132 Å². The maximum absolute atomic E-state index is 11.5. The predicted molar refractivity (Wildman–Crippen MR) is 87.2 cm³/mol. The highest BCUT2D eigenvalue weighted by molar-refractivity contribution is 5.67. The number of hydrogen-bond acceptors (Lipinski definition) is 4. The third-order valence-corrected chi connectivity index (χ3v) is 3.30. The number of nitrogen functional groups attached to an aromatic ring is 1. The minimum Gasteiger partial charge on any atom is -0.493 e. The molecular formula is C17H26N2O3. The SMILES string of the molecule is CC(C)(C)OC(=O)NCCCOc1ccc(N)cc1C1CC1. The molecule has 122 valence electrons. The zero-order valence-corrected chi connectivity index (χ0v) is 13.6. The predicted octanol–water partition coefficient (Wildman–Crippen LogP) is 3.44.